The van der Waals surface area contributed by atoms with Gasteiger partial charge >= 0.3 is 0 Å². The third kappa shape index (κ3) is 2.51. The summed E-state index contributed by atoms with van der Waals surface area (Å²) in [5.74, 6) is 0. The molecule has 0 saturated carbocycles. The molecule has 1 aliphatic heterocycles. The van der Waals surface area contributed by atoms with E-state index in [1.807, 2.05) is 12.1 Å². The van der Waals surface area contributed by atoms with Gasteiger partial charge in [-0.15, -0.1) is 0 Å². The number of benzene rings is 4. The summed E-state index contributed by atoms with van der Waals surface area (Å²) >= 11 is 0. The number of hydrogen-bond donors (Lipinski definition) is 2. The largest absolute Gasteiger partial charge is 0.399 e. The van der Waals surface area contributed by atoms with Gasteiger partial charge in [0.2, 0.25) is 0 Å². The number of rotatable bonds is 2. The molecule has 4 N–H and O–H groups in total. The Bertz CT molecular complexity index is 1200. The molecule has 0 radical (unpaired) electrons. The monoisotopic (exact) mass is 365 g/mol. The Kier molecular flexibility index (Phi) is 3.76. The molecule has 28 heavy (non-hydrogen) atoms. The van der Waals surface area contributed by atoms with Crippen LogP contribution in [0.4, 0.5) is 17.1 Å². The van der Waals surface area contributed by atoms with E-state index in [0.717, 1.165) is 17.9 Å². The smallest absolute Gasteiger partial charge is 0.0802 e. The zero-order chi connectivity index (χ0) is 19.3. The van der Waals surface area contributed by atoms with Crippen LogP contribution in [0.1, 0.15) is 24.1 Å². The molecule has 0 bridgehead atoms. The molecular weight excluding hydrogens is 342 g/mol. The maximum Gasteiger partial charge on any atom is 0.0802 e. The van der Waals surface area contributed by atoms with E-state index in [1.54, 1.807) is 0 Å². The van der Waals surface area contributed by atoms with Crippen molar-refractivity contribution in [3.63, 3.8) is 0 Å². The minimum atomic E-state index is 0.0995. The average Bonchev–Trinajstić information content (AvgIpc) is 2.72. The fraction of sp³-hybridized carbons (Fsp3) is 0.120. The van der Waals surface area contributed by atoms with Gasteiger partial charge in [-0.3, -0.25) is 0 Å². The van der Waals surface area contributed by atoms with Gasteiger partial charge in [0.25, 0.3) is 0 Å². The van der Waals surface area contributed by atoms with Crippen molar-refractivity contribution >= 4 is 27.8 Å². The number of nitrogens with two attached hydrogens (primary N) is 2. The summed E-state index contributed by atoms with van der Waals surface area (Å²) in [6, 6.07) is 27.8. The standard InChI is InChI=1S/C25H23N3/c1-2-28-24-15-20(27)10-12-22(24)21-11-9-19(26)14-23(21)25(28)18-8-7-16-5-3-4-6-17(16)13-18/h3-15,25H,2,26-27H2,1H3. The van der Waals surface area contributed by atoms with Gasteiger partial charge in [-0.1, -0.05) is 48.5 Å². The first kappa shape index (κ1) is 16.7. The SMILES string of the molecule is CCN1c2cc(N)ccc2-c2ccc(N)cc2C1c1ccc2ccccc2c1. The Labute approximate surface area is 165 Å². The Hall–Kier alpha value is -3.46. The zero-order valence-corrected chi connectivity index (χ0v) is 15.9. The summed E-state index contributed by atoms with van der Waals surface area (Å²) in [7, 11) is 0. The van der Waals surface area contributed by atoms with Crippen molar-refractivity contribution in [2.75, 3.05) is 22.9 Å². The van der Waals surface area contributed by atoms with E-state index in [9.17, 15) is 0 Å². The normalized spacial score (nSPS) is 15.3. The fourth-order valence-corrected chi connectivity index (χ4v) is 4.46. The number of fused-ring (bicyclic) bond motifs is 4. The van der Waals surface area contributed by atoms with Crippen LogP contribution < -0.4 is 16.4 Å². The first-order chi connectivity index (χ1) is 13.7. The lowest BCUT2D eigenvalue weighted by Crippen LogP contribution is -2.33. The molecule has 0 amide bonds. The molecule has 0 saturated heterocycles. The summed E-state index contributed by atoms with van der Waals surface area (Å²) in [5, 5.41) is 2.50. The molecule has 0 fully saturated rings. The first-order valence-electron chi connectivity index (χ1n) is 9.70. The number of nitrogens with zero attached hydrogens (tertiary/aromatic N) is 1. The molecule has 3 heteroatoms. The molecule has 3 nitrogen and oxygen atoms in total. The molecule has 1 heterocycles. The van der Waals surface area contributed by atoms with E-state index in [2.05, 4.69) is 78.6 Å². The second-order valence-electron chi connectivity index (χ2n) is 7.42. The van der Waals surface area contributed by atoms with Gasteiger partial charge < -0.3 is 16.4 Å². The van der Waals surface area contributed by atoms with Gasteiger partial charge in [0.05, 0.1) is 6.04 Å². The quantitative estimate of drug-likeness (QED) is 0.455. The van der Waals surface area contributed by atoms with Crippen LogP contribution in [-0.2, 0) is 0 Å². The van der Waals surface area contributed by atoms with E-state index < -0.39 is 0 Å². The van der Waals surface area contributed by atoms with Gasteiger partial charge in [0, 0.05) is 29.2 Å². The third-order valence-corrected chi connectivity index (χ3v) is 5.73. The highest BCUT2D eigenvalue weighted by molar-refractivity contribution is 5.89. The maximum absolute atomic E-state index is 6.21. The minimum absolute atomic E-state index is 0.0995. The van der Waals surface area contributed by atoms with Crippen LogP contribution in [0, 0.1) is 0 Å². The molecule has 4 aromatic carbocycles. The minimum Gasteiger partial charge on any atom is -0.399 e. The zero-order valence-electron chi connectivity index (χ0n) is 15.9. The van der Waals surface area contributed by atoms with Crippen LogP contribution in [0.3, 0.4) is 0 Å². The molecule has 0 aromatic heterocycles. The number of hydrogen-bond acceptors (Lipinski definition) is 3. The highest BCUT2D eigenvalue weighted by Gasteiger charge is 2.31. The second kappa shape index (κ2) is 6.31. The molecule has 1 unspecified atom stereocenters. The van der Waals surface area contributed by atoms with Crippen molar-refractivity contribution in [3.8, 4) is 11.1 Å². The topological polar surface area (TPSA) is 55.3 Å². The van der Waals surface area contributed by atoms with Crippen molar-refractivity contribution < 1.29 is 0 Å². The Balaban J connectivity index is 1.79. The predicted octanol–water partition coefficient (Wildman–Crippen LogP) is 5.60. The third-order valence-electron chi connectivity index (χ3n) is 5.73. The van der Waals surface area contributed by atoms with Crippen molar-refractivity contribution in [3.05, 3.63) is 90.0 Å². The van der Waals surface area contributed by atoms with Crippen LogP contribution in [0.5, 0.6) is 0 Å². The van der Waals surface area contributed by atoms with E-state index in [4.69, 9.17) is 11.5 Å². The molecule has 138 valence electrons. The van der Waals surface area contributed by atoms with Crippen molar-refractivity contribution in [1.82, 2.24) is 0 Å². The number of anilines is 3. The van der Waals surface area contributed by atoms with Crippen molar-refractivity contribution in [1.29, 1.82) is 0 Å². The van der Waals surface area contributed by atoms with Crippen LogP contribution in [0.25, 0.3) is 21.9 Å². The average molecular weight is 365 g/mol. The summed E-state index contributed by atoms with van der Waals surface area (Å²) in [4.78, 5) is 2.43. The van der Waals surface area contributed by atoms with Gasteiger partial charge in [-0.2, -0.15) is 0 Å². The fourth-order valence-electron chi connectivity index (χ4n) is 4.46. The Morgan fingerprint density at radius 2 is 1.46 bits per heavy atom. The summed E-state index contributed by atoms with van der Waals surface area (Å²) in [6.07, 6.45) is 0. The lowest BCUT2D eigenvalue weighted by atomic mass is 9.84. The summed E-state index contributed by atoms with van der Waals surface area (Å²) in [5.41, 5.74) is 20.1. The highest BCUT2D eigenvalue weighted by atomic mass is 15.2. The molecule has 0 spiro atoms. The van der Waals surface area contributed by atoms with Crippen LogP contribution in [0.15, 0.2) is 78.9 Å². The van der Waals surface area contributed by atoms with Crippen molar-refractivity contribution in [2.45, 2.75) is 13.0 Å². The van der Waals surface area contributed by atoms with Crippen molar-refractivity contribution in [2.24, 2.45) is 0 Å². The molecule has 4 aromatic rings. The van der Waals surface area contributed by atoms with Gasteiger partial charge in [0.15, 0.2) is 0 Å². The molecule has 5 rings (SSSR count). The highest BCUT2D eigenvalue weighted by Crippen LogP contribution is 2.48. The maximum atomic E-state index is 6.21. The van der Waals surface area contributed by atoms with E-state index >= 15 is 0 Å². The first-order valence-corrected chi connectivity index (χ1v) is 9.70. The number of nitrogen functional groups attached to an aromatic ring is 2. The van der Waals surface area contributed by atoms with Gasteiger partial charge in [-0.05, 0) is 64.7 Å². The van der Waals surface area contributed by atoms with E-state index in [0.29, 0.717) is 0 Å². The predicted molar refractivity (Wildman–Crippen MR) is 120 cm³/mol. The van der Waals surface area contributed by atoms with Crippen LogP contribution in [-0.4, -0.2) is 6.54 Å². The molecular formula is C25H23N3. The molecule has 0 aliphatic carbocycles. The summed E-state index contributed by atoms with van der Waals surface area (Å²) < 4.78 is 0. The Morgan fingerprint density at radius 3 is 2.25 bits per heavy atom. The summed E-state index contributed by atoms with van der Waals surface area (Å²) in [6.45, 7) is 3.07. The lowest BCUT2D eigenvalue weighted by molar-refractivity contribution is 0.720. The van der Waals surface area contributed by atoms with E-state index in [1.165, 1.54) is 38.7 Å². The second-order valence-corrected chi connectivity index (χ2v) is 7.42. The molecule has 1 aliphatic rings. The van der Waals surface area contributed by atoms with Gasteiger partial charge in [0.1, 0.15) is 0 Å². The van der Waals surface area contributed by atoms with E-state index in [-0.39, 0.29) is 6.04 Å². The Morgan fingerprint density at radius 1 is 0.750 bits per heavy atom. The molecule has 1 atom stereocenters. The van der Waals surface area contributed by atoms with Gasteiger partial charge in [-0.25, -0.2) is 0 Å². The lowest BCUT2D eigenvalue weighted by Gasteiger charge is -2.40. The van der Waals surface area contributed by atoms with Crippen LogP contribution in [0.2, 0.25) is 0 Å². The van der Waals surface area contributed by atoms with Crippen LogP contribution >= 0.6 is 0 Å².